The van der Waals surface area contributed by atoms with Gasteiger partial charge in [0.05, 0.1) is 24.2 Å². The van der Waals surface area contributed by atoms with Crippen molar-refractivity contribution in [1.29, 1.82) is 0 Å². The summed E-state index contributed by atoms with van der Waals surface area (Å²) in [5.41, 5.74) is 1.86. The fourth-order valence-corrected chi connectivity index (χ4v) is 3.97. The van der Waals surface area contributed by atoms with Crippen LogP contribution >= 0.6 is 0 Å². The Balaban J connectivity index is 1.85. The van der Waals surface area contributed by atoms with E-state index in [4.69, 9.17) is 9.47 Å². The van der Waals surface area contributed by atoms with E-state index in [2.05, 4.69) is 4.72 Å². The van der Waals surface area contributed by atoms with E-state index in [-0.39, 0.29) is 10.9 Å². The van der Waals surface area contributed by atoms with E-state index in [0.717, 1.165) is 16.9 Å². The summed E-state index contributed by atoms with van der Waals surface area (Å²) in [4.78, 5) is 0.270. The van der Waals surface area contributed by atoms with Crippen molar-refractivity contribution >= 4 is 10.0 Å². The summed E-state index contributed by atoms with van der Waals surface area (Å²) in [7, 11) is -3.58. The molecule has 0 saturated carbocycles. The van der Waals surface area contributed by atoms with E-state index >= 15 is 0 Å². The Labute approximate surface area is 142 Å². The normalized spacial score (nSPS) is 17.0. The fraction of sp³-hybridized carbons (Fsp3) is 0.333. The van der Waals surface area contributed by atoms with E-state index in [1.807, 2.05) is 32.0 Å². The zero-order valence-corrected chi connectivity index (χ0v) is 14.6. The molecule has 1 atom stereocenters. The molecular formula is C18H21NO4S. The lowest BCUT2D eigenvalue weighted by molar-refractivity contribution is 0.260. The third-order valence-corrected chi connectivity index (χ3v) is 5.45. The first-order valence-corrected chi connectivity index (χ1v) is 9.46. The second kappa shape index (κ2) is 6.83. The quantitative estimate of drug-likeness (QED) is 0.902. The minimum Gasteiger partial charge on any atom is -0.494 e. The summed E-state index contributed by atoms with van der Waals surface area (Å²) in [6.45, 7) is 4.87. The second-order valence-corrected chi connectivity index (χ2v) is 7.47. The van der Waals surface area contributed by atoms with Crippen molar-refractivity contribution in [2.45, 2.75) is 31.2 Å². The van der Waals surface area contributed by atoms with Crippen molar-refractivity contribution in [2.24, 2.45) is 0 Å². The van der Waals surface area contributed by atoms with Crippen LogP contribution in [0.3, 0.4) is 0 Å². The molecular weight excluding hydrogens is 326 g/mol. The molecule has 3 rings (SSSR count). The van der Waals surface area contributed by atoms with Crippen LogP contribution in [0.25, 0.3) is 0 Å². The van der Waals surface area contributed by atoms with Gasteiger partial charge < -0.3 is 9.47 Å². The van der Waals surface area contributed by atoms with Crippen molar-refractivity contribution in [3.63, 3.8) is 0 Å². The molecule has 5 nitrogen and oxygen atoms in total. The highest BCUT2D eigenvalue weighted by Crippen LogP contribution is 2.35. The van der Waals surface area contributed by atoms with Crippen molar-refractivity contribution in [3.05, 3.63) is 53.6 Å². The SMILES string of the molecule is CCOc1ccc2c(c1)OCCC2NS(=O)(=O)c1ccc(C)cc1. The molecule has 0 fully saturated rings. The molecule has 1 heterocycles. The molecule has 0 aliphatic carbocycles. The highest BCUT2D eigenvalue weighted by molar-refractivity contribution is 7.89. The first-order valence-electron chi connectivity index (χ1n) is 7.98. The highest BCUT2D eigenvalue weighted by atomic mass is 32.2. The van der Waals surface area contributed by atoms with Crippen LogP contribution in [0.1, 0.15) is 30.5 Å². The van der Waals surface area contributed by atoms with Gasteiger partial charge in [-0.05, 0) is 32.0 Å². The van der Waals surface area contributed by atoms with Gasteiger partial charge in [0.25, 0.3) is 0 Å². The summed E-state index contributed by atoms with van der Waals surface area (Å²) in [5, 5.41) is 0. The van der Waals surface area contributed by atoms with Gasteiger partial charge in [0.15, 0.2) is 0 Å². The molecule has 1 aliphatic rings. The molecule has 0 amide bonds. The highest BCUT2D eigenvalue weighted by Gasteiger charge is 2.27. The van der Waals surface area contributed by atoms with Crippen LogP contribution in [0.4, 0.5) is 0 Å². The Morgan fingerprint density at radius 2 is 1.96 bits per heavy atom. The lowest BCUT2D eigenvalue weighted by atomic mass is 10.0. The molecule has 0 spiro atoms. The van der Waals surface area contributed by atoms with Crippen LogP contribution < -0.4 is 14.2 Å². The van der Waals surface area contributed by atoms with Gasteiger partial charge in [-0.1, -0.05) is 23.8 Å². The van der Waals surface area contributed by atoms with Crippen LogP contribution in [0.15, 0.2) is 47.4 Å². The van der Waals surface area contributed by atoms with Crippen LogP contribution in [-0.2, 0) is 10.0 Å². The molecule has 0 aromatic heterocycles. The monoisotopic (exact) mass is 347 g/mol. The Hall–Kier alpha value is -2.05. The summed E-state index contributed by atoms with van der Waals surface area (Å²) in [6.07, 6.45) is 0.589. The third kappa shape index (κ3) is 3.55. The smallest absolute Gasteiger partial charge is 0.241 e. The zero-order valence-electron chi connectivity index (χ0n) is 13.8. The van der Waals surface area contributed by atoms with Gasteiger partial charge in [-0.15, -0.1) is 0 Å². The molecule has 6 heteroatoms. The summed E-state index contributed by atoms with van der Waals surface area (Å²) < 4.78 is 39.2. The maximum Gasteiger partial charge on any atom is 0.241 e. The summed E-state index contributed by atoms with van der Waals surface area (Å²) >= 11 is 0. The first kappa shape index (κ1) is 16.8. The number of sulfonamides is 1. The lowest BCUT2D eigenvalue weighted by Crippen LogP contribution is -2.32. The van der Waals surface area contributed by atoms with Crippen LogP contribution in [-0.4, -0.2) is 21.6 Å². The molecule has 1 N–H and O–H groups in total. The standard InChI is InChI=1S/C18H21NO4S/c1-3-22-14-6-9-16-17(10-11-23-18(16)12-14)19-24(20,21)15-7-4-13(2)5-8-15/h4-9,12,17,19H,3,10-11H2,1-2H3. The fourth-order valence-electron chi connectivity index (χ4n) is 2.72. The number of rotatable bonds is 5. The molecule has 2 aromatic rings. The maximum absolute atomic E-state index is 12.6. The van der Waals surface area contributed by atoms with Crippen LogP contribution in [0, 0.1) is 6.92 Å². The number of nitrogens with one attached hydrogen (secondary N) is 1. The maximum atomic E-state index is 12.6. The van der Waals surface area contributed by atoms with E-state index in [1.165, 1.54) is 0 Å². The number of hydrogen-bond donors (Lipinski definition) is 1. The summed E-state index contributed by atoms with van der Waals surface area (Å²) in [5.74, 6) is 1.39. The Kier molecular flexibility index (Phi) is 4.78. The average Bonchev–Trinajstić information content (AvgIpc) is 2.55. The van der Waals surface area contributed by atoms with Gasteiger partial charge in [0, 0.05) is 18.1 Å². The van der Waals surface area contributed by atoms with E-state index < -0.39 is 10.0 Å². The minimum absolute atomic E-state index is 0.270. The molecule has 1 unspecified atom stereocenters. The number of aryl methyl sites for hydroxylation is 1. The number of fused-ring (bicyclic) bond motifs is 1. The Bertz CT molecular complexity index is 815. The third-order valence-electron chi connectivity index (χ3n) is 3.96. The molecule has 2 aromatic carbocycles. The Morgan fingerprint density at radius 1 is 1.21 bits per heavy atom. The van der Waals surface area contributed by atoms with Crippen molar-refractivity contribution < 1.29 is 17.9 Å². The molecule has 24 heavy (non-hydrogen) atoms. The van der Waals surface area contributed by atoms with Crippen molar-refractivity contribution in [3.8, 4) is 11.5 Å². The molecule has 1 aliphatic heterocycles. The molecule has 0 radical (unpaired) electrons. The topological polar surface area (TPSA) is 64.6 Å². The lowest BCUT2D eigenvalue weighted by Gasteiger charge is -2.27. The van der Waals surface area contributed by atoms with Gasteiger partial charge in [-0.3, -0.25) is 0 Å². The minimum atomic E-state index is -3.58. The molecule has 128 valence electrons. The number of benzene rings is 2. The van der Waals surface area contributed by atoms with Gasteiger partial charge in [-0.2, -0.15) is 0 Å². The zero-order chi connectivity index (χ0) is 17.2. The Morgan fingerprint density at radius 3 is 2.67 bits per heavy atom. The predicted octanol–water partition coefficient (Wildman–Crippen LogP) is 3.20. The summed E-state index contributed by atoms with van der Waals surface area (Å²) in [6, 6.07) is 12.0. The van der Waals surface area contributed by atoms with E-state index in [0.29, 0.717) is 25.4 Å². The molecule has 0 saturated heterocycles. The number of ether oxygens (including phenoxy) is 2. The average molecular weight is 347 g/mol. The first-order chi connectivity index (χ1) is 11.5. The van der Waals surface area contributed by atoms with E-state index in [9.17, 15) is 8.42 Å². The molecule has 0 bridgehead atoms. The van der Waals surface area contributed by atoms with Gasteiger partial charge in [0.2, 0.25) is 10.0 Å². The second-order valence-electron chi connectivity index (χ2n) is 5.76. The van der Waals surface area contributed by atoms with Crippen LogP contribution in [0.5, 0.6) is 11.5 Å². The predicted molar refractivity (Wildman–Crippen MR) is 92.0 cm³/mol. The number of hydrogen-bond acceptors (Lipinski definition) is 4. The van der Waals surface area contributed by atoms with Crippen molar-refractivity contribution in [1.82, 2.24) is 4.72 Å². The van der Waals surface area contributed by atoms with Crippen molar-refractivity contribution in [2.75, 3.05) is 13.2 Å². The van der Waals surface area contributed by atoms with Gasteiger partial charge in [0.1, 0.15) is 11.5 Å². The van der Waals surface area contributed by atoms with Gasteiger partial charge >= 0.3 is 0 Å². The van der Waals surface area contributed by atoms with Gasteiger partial charge in [-0.25, -0.2) is 13.1 Å². The van der Waals surface area contributed by atoms with Crippen LogP contribution in [0.2, 0.25) is 0 Å². The van der Waals surface area contributed by atoms with E-state index in [1.54, 1.807) is 24.3 Å². The largest absolute Gasteiger partial charge is 0.494 e.